The molecule has 0 spiro atoms. The number of nitrogens with zero attached hydrogens (tertiary/aromatic N) is 1. The summed E-state index contributed by atoms with van der Waals surface area (Å²) in [6.07, 6.45) is 1.69. The van der Waals surface area contributed by atoms with Gasteiger partial charge in [-0.2, -0.15) is 0 Å². The lowest BCUT2D eigenvalue weighted by Gasteiger charge is -2.30. The second-order valence-electron chi connectivity index (χ2n) is 5.73. The number of hydrogen-bond donors (Lipinski definition) is 1. The number of aryl methyl sites for hydroxylation is 1. The molecule has 0 amide bonds. The molecule has 0 radical (unpaired) electrons. The molecule has 1 N–H and O–H groups in total. The van der Waals surface area contributed by atoms with Crippen LogP contribution in [0.25, 0.3) is 0 Å². The molecule has 6 heteroatoms. The Morgan fingerprint density at radius 2 is 1.79 bits per heavy atom. The zero-order valence-corrected chi connectivity index (χ0v) is 14.8. The van der Waals surface area contributed by atoms with E-state index >= 15 is 0 Å². The van der Waals surface area contributed by atoms with Gasteiger partial charge < -0.3 is 10.2 Å². The van der Waals surface area contributed by atoms with Gasteiger partial charge in [-0.05, 0) is 49.5 Å². The molecule has 1 aliphatic rings. The number of para-hydroxylation sites is 1. The molecule has 3 rings (SSSR count). The zero-order valence-electron chi connectivity index (χ0n) is 13.2. The van der Waals surface area contributed by atoms with Crippen molar-refractivity contribution in [3.8, 4) is 0 Å². The summed E-state index contributed by atoms with van der Waals surface area (Å²) >= 11 is 5.57. The summed E-state index contributed by atoms with van der Waals surface area (Å²) in [6, 6.07) is 17.1. The summed E-state index contributed by atoms with van der Waals surface area (Å²) in [6.45, 7) is 2.02. The fourth-order valence-electron chi connectivity index (χ4n) is 2.59. The first kappa shape index (κ1) is 16.7. The van der Waals surface area contributed by atoms with Crippen LogP contribution < -0.4 is 10.2 Å². The number of rotatable bonds is 3. The van der Waals surface area contributed by atoms with Crippen LogP contribution in [0.1, 0.15) is 5.56 Å². The highest BCUT2D eigenvalue weighted by atomic mass is 32.2. The van der Waals surface area contributed by atoms with Crippen molar-refractivity contribution in [3.05, 3.63) is 71.6 Å². The van der Waals surface area contributed by atoms with Gasteiger partial charge in [-0.25, -0.2) is 8.42 Å². The molecule has 0 saturated heterocycles. The molecule has 0 saturated carbocycles. The first-order valence-corrected chi connectivity index (χ1v) is 9.70. The summed E-state index contributed by atoms with van der Waals surface area (Å²) in [5, 5.41) is 4.94. The molecule has 1 atom stereocenters. The molecule has 2 aromatic carbocycles. The number of sulfone groups is 1. The molecule has 0 aromatic heterocycles. The van der Waals surface area contributed by atoms with Crippen LogP contribution in [-0.4, -0.2) is 25.3 Å². The topological polar surface area (TPSA) is 49.4 Å². The summed E-state index contributed by atoms with van der Waals surface area (Å²) in [4.78, 5) is 1.84. The van der Waals surface area contributed by atoms with Gasteiger partial charge in [0, 0.05) is 16.8 Å². The normalized spacial score (nSPS) is 18.3. The van der Waals surface area contributed by atoms with Gasteiger partial charge in [0.25, 0.3) is 0 Å². The van der Waals surface area contributed by atoms with Crippen LogP contribution in [0, 0.1) is 6.92 Å². The van der Waals surface area contributed by atoms with Gasteiger partial charge in [0.15, 0.2) is 14.9 Å². The second-order valence-corrected chi connectivity index (χ2v) is 8.05. The monoisotopic (exact) mass is 358 g/mol. The maximum Gasteiger partial charge on any atom is 0.178 e. The lowest BCUT2D eigenvalue weighted by atomic mass is 10.2. The number of benzene rings is 2. The molecular weight excluding hydrogens is 340 g/mol. The largest absolute Gasteiger partial charge is 0.332 e. The average molecular weight is 358 g/mol. The summed E-state index contributed by atoms with van der Waals surface area (Å²) in [5.74, 6) is 0.0254. The zero-order chi connectivity index (χ0) is 17.2. The van der Waals surface area contributed by atoms with Crippen molar-refractivity contribution in [2.45, 2.75) is 13.0 Å². The highest BCUT2D eigenvalue weighted by Crippen LogP contribution is 2.24. The Kier molecular flexibility index (Phi) is 4.69. The lowest BCUT2D eigenvalue weighted by Crippen LogP contribution is -2.43. The van der Waals surface area contributed by atoms with Gasteiger partial charge in [0.05, 0.1) is 11.8 Å². The van der Waals surface area contributed by atoms with Gasteiger partial charge in [0.1, 0.15) is 0 Å². The SMILES string of the molecule is Cc1ccc(NC(=S)N(c2ccccc2)[C@@H]2C=CS(=O)(=O)C2)cc1. The van der Waals surface area contributed by atoms with Gasteiger partial charge >= 0.3 is 0 Å². The molecule has 2 aromatic rings. The lowest BCUT2D eigenvalue weighted by molar-refractivity contribution is 0.604. The summed E-state index contributed by atoms with van der Waals surface area (Å²) in [7, 11) is -3.17. The Morgan fingerprint density at radius 1 is 1.12 bits per heavy atom. The van der Waals surface area contributed by atoms with Crippen LogP contribution >= 0.6 is 12.2 Å². The quantitative estimate of drug-likeness (QED) is 0.851. The number of anilines is 2. The second kappa shape index (κ2) is 6.75. The average Bonchev–Trinajstić information content (AvgIpc) is 2.90. The molecule has 0 unspecified atom stereocenters. The summed E-state index contributed by atoms with van der Waals surface area (Å²) in [5.41, 5.74) is 2.89. The minimum absolute atomic E-state index is 0.0254. The molecule has 0 aliphatic carbocycles. The number of hydrogen-bond acceptors (Lipinski definition) is 3. The van der Waals surface area contributed by atoms with E-state index in [1.807, 2.05) is 66.4 Å². The summed E-state index contributed by atoms with van der Waals surface area (Å²) < 4.78 is 23.6. The highest BCUT2D eigenvalue weighted by molar-refractivity contribution is 7.94. The Bertz CT molecular complexity index is 860. The standard InChI is InChI=1S/C18H18N2O2S2/c1-14-7-9-15(10-8-14)19-18(23)20(16-5-3-2-4-6-16)17-11-12-24(21,22)13-17/h2-12,17H,13H2,1H3,(H,19,23)/t17-/m1/s1. The van der Waals surface area contributed by atoms with Crippen molar-refractivity contribution in [2.75, 3.05) is 16.0 Å². The van der Waals surface area contributed by atoms with Crippen LogP contribution in [0.2, 0.25) is 0 Å². The smallest absolute Gasteiger partial charge is 0.178 e. The molecule has 1 heterocycles. The van der Waals surface area contributed by atoms with E-state index in [1.54, 1.807) is 6.08 Å². The van der Waals surface area contributed by atoms with Crippen molar-refractivity contribution in [1.82, 2.24) is 0 Å². The molecule has 4 nitrogen and oxygen atoms in total. The molecule has 0 fully saturated rings. The van der Waals surface area contributed by atoms with Crippen molar-refractivity contribution >= 4 is 38.5 Å². The van der Waals surface area contributed by atoms with Crippen LogP contribution in [0.15, 0.2) is 66.1 Å². The maximum atomic E-state index is 11.8. The Morgan fingerprint density at radius 3 is 2.38 bits per heavy atom. The number of nitrogens with one attached hydrogen (secondary N) is 1. The van der Waals surface area contributed by atoms with Gasteiger partial charge in [-0.1, -0.05) is 35.9 Å². The van der Waals surface area contributed by atoms with Crippen molar-refractivity contribution < 1.29 is 8.42 Å². The van der Waals surface area contributed by atoms with E-state index in [0.29, 0.717) is 5.11 Å². The Balaban J connectivity index is 1.88. The van der Waals surface area contributed by atoms with E-state index in [9.17, 15) is 8.42 Å². The minimum atomic E-state index is -3.17. The minimum Gasteiger partial charge on any atom is -0.332 e. The maximum absolute atomic E-state index is 11.8. The van der Waals surface area contributed by atoms with Crippen LogP contribution in [-0.2, 0) is 9.84 Å². The van der Waals surface area contributed by atoms with Crippen LogP contribution in [0.5, 0.6) is 0 Å². The third-order valence-electron chi connectivity index (χ3n) is 3.80. The van der Waals surface area contributed by atoms with E-state index in [2.05, 4.69) is 5.32 Å². The predicted octanol–water partition coefficient (Wildman–Crippen LogP) is 3.51. The first-order valence-electron chi connectivity index (χ1n) is 7.57. The van der Waals surface area contributed by atoms with E-state index in [0.717, 1.165) is 16.9 Å². The van der Waals surface area contributed by atoms with Crippen molar-refractivity contribution in [2.24, 2.45) is 0 Å². The fraction of sp³-hybridized carbons (Fsp3) is 0.167. The van der Waals surface area contributed by atoms with E-state index in [1.165, 1.54) is 5.41 Å². The molecule has 124 valence electrons. The molecule has 0 bridgehead atoms. The molecular formula is C18H18N2O2S2. The van der Waals surface area contributed by atoms with Gasteiger partial charge in [0.2, 0.25) is 0 Å². The molecule has 1 aliphatic heterocycles. The highest BCUT2D eigenvalue weighted by Gasteiger charge is 2.29. The predicted molar refractivity (Wildman–Crippen MR) is 103 cm³/mol. The first-order chi connectivity index (χ1) is 11.4. The van der Waals surface area contributed by atoms with Gasteiger partial charge in [-0.15, -0.1) is 0 Å². The van der Waals surface area contributed by atoms with Crippen molar-refractivity contribution in [3.63, 3.8) is 0 Å². The van der Waals surface area contributed by atoms with Crippen LogP contribution in [0.4, 0.5) is 11.4 Å². The van der Waals surface area contributed by atoms with Crippen molar-refractivity contribution in [1.29, 1.82) is 0 Å². The Hall–Kier alpha value is -2.18. The fourth-order valence-corrected chi connectivity index (χ4v) is 4.22. The third-order valence-corrected chi connectivity index (χ3v) is 5.48. The van der Waals surface area contributed by atoms with E-state index in [-0.39, 0.29) is 11.8 Å². The van der Waals surface area contributed by atoms with Crippen LogP contribution in [0.3, 0.4) is 0 Å². The van der Waals surface area contributed by atoms with E-state index < -0.39 is 9.84 Å². The Labute approximate surface area is 147 Å². The third kappa shape index (κ3) is 3.83. The number of thiocarbonyl (C=S) groups is 1. The van der Waals surface area contributed by atoms with Gasteiger partial charge in [-0.3, -0.25) is 0 Å². The molecule has 24 heavy (non-hydrogen) atoms. The van der Waals surface area contributed by atoms with E-state index in [4.69, 9.17) is 12.2 Å².